The normalized spacial score (nSPS) is 15.9. The van der Waals surface area contributed by atoms with Gasteiger partial charge in [0.25, 0.3) is 0 Å². The zero-order valence-corrected chi connectivity index (χ0v) is 11.5. The molecular weight excluding hydrogens is 240 g/mol. The Hall–Kier alpha value is -1.77. The number of rotatable bonds is 5. The second kappa shape index (κ2) is 6.41. The summed E-state index contributed by atoms with van der Waals surface area (Å²) >= 11 is 0. The summed E-state index contributed by atoms with van der Waals surface area (Å²) in [6.45, 7) is 1.53. The van der Waals surface area contributed by atoms with Gasteiger partial charge in [0, 0.05) is 5.56 Å². The molecule has 0 N–H and O–H groups in total. The van der Waals surface area contributed by atoms with Gasteiger partial charge in [-0.3, -0.25) is 4.79 Å². The van der Waals surface area contributed by atoms with Crippen molar-refractivity contribution in [3.63, 3.8) is 0 Å². The highest BCUT2D eigenvalue weighted by atomic mass is 16.5. The fourth-order valence-electron chi connectivity index (χ4n) is 2.37. The van der Waals surface area contributed by atoms with Gasteiger partial charge in [-0.2, -0.15) is 0 Å². The van der Waals surface area contributed by atoms with Crippen LogP contribution in [0.15, 0.2) is 24.3 Å². The molecule has 1 fully saturated rings. The molecule has 3 nitrogen and oxygen atoms in total. The molecule has 0 unspecified atom stereocenters. The van der Waals surface area contributed by atoms with Crippen molar-refractivity contribution >= 4 is 11.9 Å². The van der Waals surface area contributed by atoms with Crippen LogP contribution in [0.3, 0.4) is 0 Å². The number of hydrogen-bond acceptors (Lipinski definition) is 3. The van der Waals surface area contributed by atoms with Gasteiger partial charge in [-0.05, 0) is 50.8 Å². The van der Waals surface area contributed by atoms with Gasteiger partial charge in [-0.1, -0.05) is 12.1 Å². The lowest BCUT2D eigenvalue weighted by atomic mass is 10.1. The molecule has 0 amide bonds. The third-order valence-corrected chi connectivity index (χ3v) is 3.31. The number of benzene rings is 1. The van der Waals surface area contributed by atoms with E-state index in [2.05, 4.69) is 0 Å². The van der Waals surface area contributed by atoms with E-state index in [9.17, 15) is 4.79 Å². The van der Waals surface area contributed by atoms with Crippen LogP contribution in [0, 0.1) is 0 Å². The van der Waals surface area contributed by atoms with Crippen LogP contribution in [0.2, 0.25) is 0 Å². The Balaban J connectivity index is 2.22. The van der Waals surface area contributed by atoms with Crippen molar-refractivity contribution in [3.8, 4) is 11.5 Å². The summed E-state index contributed by atoms with van der Waals surface area (Å²) in [7, 11) is 1.63. The molecule has 102 valence electrons. The number of ether oxygens (including phenoxy) is 2. The third-order valence-electron chi connectivity index (χ3n) is 3.31. The Morgan fingerprint density at radius 3 is 2.68 bits per heavy atom. The minimum absolute atomic E-state index is 0.0177. The molecule has 1 aromatic carbocycles. The summed E-state index contributed by atoms with van der Waals surface area (Å²) in [4.78, 5) is 11.0. The predicted molar refractivity (Wildman–Crippen MR) is 75.6 cm³/mol. The minimum atomic E-state index is 0.0177. The summed E-state index contributed by atoms with van der Waals surface area (Å²) in [6.07, 6.45) is 8.28. The average Bonchev–Trinajstić information content (AvgIpc) is 2.89. The predicted octanol–water partition coefficient (Wildman–Crippen LogP) is 3.62. The first-order valence-corrected chi connectivity index (χ1v) is 6.73. The number of allylic oxidation sites excluding steroid dienone is 1. The van der Waals surface area contributed by atoms with E-state index in [4.69, 9.17) is 9.47 Å². The Bertz CT molecular complexity index is 471. The van der Waals surface area contributed by atoms with Gasteiger partial charge in [0.15, 0.2) is 17.3 Å². The molecule has 1 saturated carbocycles. The van der Waals surface area contributed by atoms with E-state index in [-0.39, 0.29) is 5.78 Å². The molecule has 0 radical (unpaired) electrons. The van der Waals surface area contributed by atoms with Crippen LogP contribution in [-0.2, 0) is 4.79 Å². The maximum absolute atomic E-state index is 11.0. The lowest BCUT2D eigenvalue weighted by molar-refractivity contribution is -0.112. The Morgan fingerprint density at radius 1 is 1.32 bits per heavy atom. The van der Waals surface area contributed by atoms with E-state index < -0.39 is 0 Å². The van der Waals surface area contributed by atoms with E-state index in [1.54, 1.807) is 13.2 Å². The highest BCUT2D eigenvalue weighted by Gasteiger charge is 2.19. The smallest absolute Gasteiger partial charge is 0.167 e. The average molecular weight is 260 g/mol. The van der Waals surface area contributed by atoms with Crippen LogP contribution < -0.4 is 9.47 Å². The van der Waals surface area contributed by atoms with Gasteiger partial charge in [0.1, 0.15) is 0 Å². The van der Waals surface area contributed by atoms with Crippen LogP contribution in [0.25, 0.3) is 6.08 Å². The van der Waals surface area contributed by atoms with Crippen LogP contribution in [-0.4, -0.2) is 19.0 Å². The van der Waals surface area contributed by atoms with Crippen molar-refractivity contribution in [1.82, 2.24) is 0 Å². The standard InChI is InChI=1S/C16H20O3/c1-12(17)10-11-13-6-5-9-15(16(13)18-2)19-14-7-3-4-8-14/h5-6,9-11,14H,3-4,7-8H2,1-2H3/b11-10+. The first-order chi connectivity index (χ1) is 9.20. The number of methoxy groups -OCH3 is 1. The number of ketones is 1. The Morgan fingerprint density at radius 2 is 2.05 bits per heavy atom. The quantitative estimate of drug-likeness (QED) is 0.758. The summed E-state index contributed by atoms with van der Waals surface area (Å²) in [5.41, 5.74) is 0.869. The molecule has 2 rings (SSSR count). The van der Waals surface area contributed by atoms with Crippen molar-refractivity contribution in [1.29, 1.82) is 0 Å². The zero-order valence-electron chi connectivity index (χ0n) is 11.5. The van der Waals surface area contributed by atoms with Crippen molar-refractivity contribution in [3.05, 3.63) is 29.8 Å². The lowest BCUT2D eigenvalue weighted by Crippen LogP contribution is -2.11. The first-order valence-electron chi connectivity index (χ1n) is 6.73. The molecule has 0 bridgehead atoms. The molecule has 3 heteroatoms. The molecule has 0 atom stereocenters. The molecule has 1 aliphatic carbocycles. The summed E-state index contributed by atoms with van der Waals surface area (Å²) in [6, 6.07) is 5.76. The first kappa shape index (κ1) is 13.7. The number of para-hydroxylation sites is 1. The number of hydrogen-bond donors (Lipinski definition) is 0. The molecule has 0 saturated heterocycles. The number of carbonyl (C=O) groups is 1. The molecule has 0 heterocycles. The van der Waals surface area contributed by atoms with Crippen molar-refractivity contribution < 1.29 is 14.3 Å². The van der Waals surface area contributed by atoms with Crippen LogP contribution >= 0.6 is 0 Å². The van der Waals surface area contributed by atoms with Gasteiger partial charge >= 0.3 is 0 Å². The summed E-state index contributed by atoms with van der Waals surface area (Å²) < 4.78 is 11.4. The Kier molecular flexibility index (Phi) is 4.61. The van der Waals surface area contributed by atoms with E-state index in [0.29, 0.717) is 11.9 Å². The van der Waals surface area contributed by atoms with Crippen LogP contribution in [0.5, 0.6) is 11.5 Å². The highest BCUT2D eigenvalue weighted by molar-refractivity contribution is 5.92. The molecule has 1 aromatic rings. The summed E-state index contributed by atoms with van der Waals surface area (Å²) in [5, 5.41) is 0. The van der Waals surface area contributed by atoms with Crippen molar-refractivity contribution in [2.45, 2.75) is 38.7 Å². The van der Waals surface area contributed by atoms with Gasteiger partial charge < -0.3 is 9.47 Å². The van der Waals surface area contributed by atoms with Crippen LogP contribution in [0.4, 0.5) is 0 Å². The largest absolute Gasteiger partial charge is 0.492 e. The van der Waals surface area contributed by atoms with Gasteiger partial charge in [-0.15, -0.1) is 0 Å². The van der Waals surface area contributed by atoms with E-state index in [0.717, 1.165) is 24.2 Å². The second-order valence-corrected chi connectivity index (χ2v) is 4.85. The van der Waals surface area contributed by atoms with Crippen LogP contribution in [0.1, 0.15) is 38.2 Å². The fraction of sp³-hybridized carbons (Fsp3) is 0.438. The second-order valence-electron chi connectivity index (χ2n) is 4.85. The van der Waals surface area contributed by atoms with E-state index in [1.165, 1.54) is 25.8 Å². The molecule has 0 aromatic heterocycles. The highest BCUT2D eigenvalue weighted by Crippen LogP contribution is 2.34. The Labute approximate surface area is 114 Å². The van der Waals surface area contributed by atoms with E-state index >= 15 is 0 Å². The SMILES string of the molecule is COc1c(/C=C/C(C)=O)cccc1OC1CCCC1. The molecule has 0 spiro atoms. The number of carbonyl (C=O) groups excluding carboxylic acids is 1. The monoisotopic (exact) mass is 260 g/mol. The molecule has 1 aliphatic rings. The topological polar surface area (TPSA) is 35.5 Å². The van der Waals surface area contributed by atoms with Crippen molar-refractivity contribution in [2.24, 2.45) is 0 Å². The maximum Gasteiger partial charge on any atom is 0.167 e. The minimum Gasteiger partial charge on any atom is -0.492 e. The van der Waals surface area contributed by atoms with Crippen molar-refractivity contribution in [2.75, 3.05) is 7.11 Å². The van der Waals surface area contributed by atoms with Gasteiger partial charge in [0.05, 0.1) is 13.2 Å². The van der Waals surface area contributed by atoms with Gasteiger partial charge in [-0.25, -0.2) is 0 Å². The molecule has 19 heavy (non-hydrogen) atoms. The van der Waals surface area contributed by atoms with Gasteiger partial charge in [0.2, 0.25) is 0 Å². The fourth-order valence-corrected chi connectivity index (χ4v) is 2.37. The zero-order chi connectivity index (χ0) is 13.7. The summed E-state index contributed by atoms with van der Waals surface area (Å²) in [5.74, 6) is 1.48. The molecule has 0 aliphatic heterocycles. The molecular formula is C16H20O3. The maximum atomic E-state index is 11.0. The van der Waals surface area contributed by atoms with E-state index in [1.807, 2.05) is 18.2 Å². The lowest BCUT2D eigenvalue weighted by Gasteiger charge is -2.17. The third kappa shape index (κ3) is 3.60.